The van der Waals surface area contributed by atoms with Crippen LogP contribution in [0.4, 0.5) is 0 Å². The Morgan fingerprint density at radius 2 is 1.86 bits per heavy atom. The Labute approximate surface area is 132 Å². The Balaban J connectivity index is 2.08. The maximum absolute atomic E-state index is 6.03. The third-order valence-corrected chi connectivity index (χ3v) is 3.78. The second-order valence-corrected chi connectivity index (χ2v) is 5.70. The number of hydrogen-bond acceptors (Lipinski definition) is 2. The summed E-state index contributed by atoms with van der Waals surface area (Å²) in [4.78, 5) is 0. The van der Waals surface area contributed by atoms with Crippen molar-refractivity contribution < 1.29 is 4.74 Å². The molecule has 0 fully saturated rings. The Morgan fingerprint density at radius 3 is 2.52 bits per heavy atom. The Bertz CT molecular complexity index is 610. The smallest absolute Gasteiger partial charge is 0.130 e. The van der Waals surface area contributed by atoms with Crippen molar-refractivity contribution in [1.29, 1.82) is 0 Å². The van der Waals surface area contributed by atoms with Crippen LogP contribution in [0.25, 0.3) is 0 Å². The molecule has 0 saturated carbocycles. The van der Waals surface area contributed by atoms with Crippen molar-refractivity contribution in [1.82, 2.24) is 5.32 Å². The lowest BCUT2D eigenvalue weighted by atomic mass is 10.1. The van der Waals surface area contributed by atoms with Gasteiger partial charge in [-0.15, -0.1) is 0 Å². The van der Waals surface area contributed by atoms with E-state index < -0.39 is 0 Å². The van der Waals surface area contributed by atoms with Gasteiger partial charge in [0.1, 0.15) is 11.5 Å². The fourth-order valence-electron chi connectivity index (χ4n) is 2.15. The summed E-state index contributed by atoms with van der Waals surface area (Å²) in [6.07, 6.45) is 1.15. The van der Waals surface area contributed by atoms with E-state index in [4.69, 9.17) is 16.3 Å². The fourth-order valence-corrected chi connectivity index (χ4v) is 2.27. The van der Waals surface area contributed by atoms with Crippen LogP contribution in [0.5, 0.6) is 11.5 Å². The van der Waals surface area contributed by atoms with Crippen LogP contribution in [0, 0.1) is 13.8 Å². The van der Waals surface area contributed by atoms with Crippen LogP contribution in [-0.4, -0.2) is 6.54 Å². The van der Waals surface area contributed by atoms with Crippen LogP contribution in [0.1, 0.15) is 30.0 Å². The van der Waals surface area contributed by atoms with Gasteiger partial charge in [0.05, 0.1) is 0 Å². The molecule has 0 atom stereocenters. The zero-order chi connectivity index (χ0) is 15.2. The molecule has 0 aliphatic carbocycles. The number of ether oxygens (including phenoxy) is 1. The standard InChI is InChI=1S/C18H22ClNO/c1-4-9-20-12-15-5-8-18(14(3)10-15)21-16-6-7-17(19)13(2)11-16/h5-8,10-11,20H,4,9,12H2,1-3H3. The van der Waals surface area contributed by atoms with E-state index >= 15 is 0 Å². The minimum absolute atomic E-state index is 0.761. The lowest BCUT2D eigenvalue weighted by Gasteiger charge is -2.11. The highest BCUT2D eigenvalue weighted by atomic mass is 35.5. The Hall–Kier alpha value is -1.51. The molecule has 21 heavy (non-hydrogen) atoms. The largest absolute Gasteiger partial charge is 0.457 e. The molecule has 0 heterocycles. The molecule has 0 amide bonds. The lowest BCUT2D eigenvalue weighted by Crippen LogP contribution is -2.13. The van der Waals surface area contributed by atoms with E-state index in [1.807, 2.05) is 31.2 Å². The SMILES string of the molecule is CCCNCc1ccc(Oc2ccc(Cl)c(C)c2)c(C)c1. The summed E-state index contributed by atoms with van der Waals surface area (Å²) in [7, 11) is 0. The summed E-state index contributed by atoms with van der Waals surface area (Å²) in [5.74, 6) is 1.70. The second kappa shape index (κ2) is 7.48. The molecule has 112 valence electrons. The van der Waals surface area contributed by atoms with Crippen LogP contribution in [0.3, 0.4) is 0 Å². The maximum Gasteiger partial charge on any atom is 0.130 e. The quantitative estimate of drug-likeness (QED) is 0.736. The molecule has 3 heteroatoms. The van der Waals surface area contributed by atoms with E-state index in [1.165, 1.54) is 5.56 Å². The van der Waals surface area contributed by atoms with Crippen LogP contribution in [0.15, 0.2) is 36.4 Å². The lowest BCUT2D eigenvalue weighted by molar-refractivity contribution is 0.478. The highest BCUT2D eigenvalue weighted by Crippen LogP contribution is 2.28. The van der Waals surface area contributed by atoms with Gasteiger partial charge >= 0.3 is 0 Å². The van der Waals surface area contributed by atoms with Crippen LogP contribution < -0.4 is 10.1 Å². The Kier molecular flexibility index (Phi) is 5.66. The average Bonchev–Trinajstić information content (AvgIpc) is 2.46. The molecule has 0 aromatic heterocycles. The maximum atomic E-state index is 6.03. The van der Waals surface area contributed by atoms with Gasteiger partial charge in [-0.3, -0.25) is 0 Å². The molecular formula is C18H22ClNO. The fraction of sp³-hybridized carbons (Fsp3) is 0.333. The van der Waals surface area contributed by atoms with Crippen molar-refractivity contribution in [3.05, 3.63) is 58.1 Å². The van der Waals surface area contributed by atoms with Crippen LogP contribution in [-0.2, 0) is 6.54 Å². The van der Waals surface area contributed by atoms with Gasteiger partial charge in [0.15, 0.2) is 0 Å². The van der Waals surface area contributed by atoms with Crippen LogP contribution in [0.2, 0.25) is 5.02 Å². The Morgan fingerprint density at radius 1 is 1.05 bits per heavy atom. The molecule has 0 bridgehead atoms. The molecule has 0 radical (unpaired) electrons. The summed E-state index contributed by atoms with van der Waals surface area (Å²) in [6, 6.07) is 12.0. The molecule has 2 rings (SSSR count). The summed E-state index contributed by atoms with van der Waals surface area (Å²) in [5.41, 5.74) is 3.44. The van der Waals surface area contributed by atoms with E-state index in [0.29, 0.717) is 0 Å². The van der Waals surface area contributed by atoms with Gasteiger partial charge in [0.2, 0.25) is 0 Å². The normalized spacial score (nSPS) is 10.7. The minimum Gasteiger partial charge on any atom is -0.457 e. The number of hydrogen-bond donors (Lipinski definition) is 1. The molecular weight excluding hydrogens is 282 g/mol. The first-order valence-electron chi connectivity index (χ1n) is 7.34. The van der Waals surface area contributed by atoms with E-state index in [2.05, 4.69) is 31.3 Å². The first-order chi connectivity index (χ1) is 10.1. The summed E-state index contributed by atoms with van der Waals surface area (Å²) >= 11 is 6.03. The van der Waals surface area contributed by atoms with E-state index in [1.54, 1.807) is 0 Å². The summed E-state index contributed by atoms with van der Waals surface area (Å²) in [6.45, 7) is 8.16. The molecule has 0 aliphatic rings. The van der Waals surface area contributed by atoms with Gasteiger partial charge in [0.25, 0.3) is 0 Å². The molecule has 2 aromatic carbocycles. The van der Waals surface area contributed by atoms with Crippen molar-refractivity contribution in [2.24, 2.45) is 0 Å². The minimum atomic E-state index is 0.761. The summed E-state index contributed by atoms with van der Waals surface area (Å²) < 4.78 is 5.95. The molecule has 0 spiro atoms. The summed E-state index contributed by atoms with van der Waals surface area (Å²) in [5, 5.41) is 4.17. The van der Waals surface area contributed by atoms with Crippen molar-refractivity contribution in [3.8, 4) is 11.5 Å². The monoisotopic (exact) mass is 303 g/mol. The van der Waals surface area contributed by atoms with E-state index in [0.717, 1.165) is 47.2 Å². The van der Waals surface area contributed by atoms with Crippen LogP contribution >= 0.6 is 11.6 Å². The average molecular weight is 304 g/mol. The number of halogens is 1. The van der Waals surface area contributed by atoms with E-state index in [9.17, 15) is 0 Å². The van der Waals surface area contributed by atoms with Gasteiger partial charge in [-0.25, -0.2) is 0 Å². The predicted octanol–water partition coefficient (Wildman–Crippen LogP) is 5.25. The van der Waals surface area contributed by atoms with Gasteiger partial charge in [-0.05, 0) is 67.8 Å². The molecule has 2 nitrogen and oxygen atoms in total. The molecule has 2 aromatic rings. The van der Waals surface area contributed by atoms with Gasteiger partial charge in [0, 0.05) is 11.6 Å². The van der Waals surface area contributed by atoms with E-state index in [-0.39, 0.29) is 0 Å². The molecule has 1 N–H and O–H groups in total. The first-order valence-corrected chi connectivity index (χ1v) is 7.72. The third-order valence-electron chi connectivity index (χ3n) is 3.35. The van der Waals surface area contributed by atoms with Gasteiger partial charge in [-0.2, -0.15) is 0 Å². The van der Waals surface area contributed by atoms with Crippen molar-refractivity contribution in [2.75, 3.05) is 6.54 Å². The van der Waals surface area contributed by atoms with Crippen molar-refractivity contribution >= 4 is 11.6 Å². The zero-order valence-electron chi connectivity index (χ0n) is 12.9. The highest BCUT2D eigenvalue weighted by molar-refractivity contribution is 6.31. The topological polar surface area (TPSA) is 21.3 Å². The highest BCUT2D eigenvalue weighted by Gasteiger charge is 2.04. The number of aryl methyl sites for hydroxylation is 2. The number of rotatable bonds is 6. The predicted molar refractivity (Wildman–Crippen MR) is 89.4 cm³/mol. The molecule has 0 aliphatic heterocycles. The molecule has 0 saturated heterocycles. The van der Waals surface area contributed by atoms with Gasteiger partial charge < -0.3 is 10.1 Å². The first kappa shape index (κ1) is 15.9. The van der Waals surface area contributed by atoms with Crippen molar-refractivity contribution in [2.45, 2.75) is 33.7 Å². The third kappa shape index (κ3) is 4.48. The van der Waals surface area contributed by atoms with Crippen molar-refractivity contribution in [3.63, 3.8) is 0 Å². The second-order valence-electron chi connectivity index (χ2n) is 5.29. The number of benzene rings is 2. The zero-order valence-corrected chi connectivity index (χ0v) is 13.6. The van der Waals surface area contributed by atoms with Gasteiger partial charge in [-0.1, -0.05) is 30.7 Å². The number of nitrogens with one attached hydrogen (secondary N) is 1. The molecule has 0 unspecified atom stereocenters.